The molecule has 2 aromatic rings. The second kappa shape index (κ2) is 7.09. The number of pyridine rings is 1. The number of aromatic nitrogens is 3. The van der Waals surface area contributed by atoms with E-state index in [-0.39, 0.29) is 29.5 Å². The van der Waals surface area contributed by atoms with Crippen molar-refractivity contribution in [1.29, 1.82) is 0 Å². The van der Waals surface area contributed by atoms with Gasteiger partial charge in [-0.3, -0.25) is 9.59 Å². The number of hydrogen-bond donors (Lipinski definition) is 1. The Bertz CT molecular complexity index is 837. The van der Waals surface area contributed by atoms with E-state index in [0.29, 0.717) is 6.20 Å². The van der Waals surface area contributed by atoms with E-state index >= 15 is 0 Å². The fourth-order valence-corrected chi connectivity index (χ4v) is 2.19. The van der Waals surface area contributed by atoms with Gasteiger partial charge in [-0.15, -0.1) is 0 Å². The largest absolute Gasteiger partial charge is 0.481 e. The Labute approximate surface area is 144 Å². The molecule has 0 aliphatic rings. The van der Waals surface area contributed by atoms with Crippen LogP contribution in [0.3, 0.4) is 0 Å². The van der Waals surface area contributed by atoms with Crippen molar-refractivity contribution in [3.8, 4) is 5.82 Å². The van der Waals surface area contributed by atoms with E-state index in [0.717, 1.165) is 16.8 Å². The van der Waals surface area contributed by atoms with Crippen LogP contribution in [0.5, 0.6) is 0 Å². The van der Waals surface area contributed by atoms with Crippen LogP contribution >= 0.6 is 11.6 Å². The van der Waals surface area contributed by atoms with Gasteiger partial charge in [-0.25, -0.2) is 4.98 Å². The van der Waals surface area contributed by atoms with Gasteiger partial charge in [-0.2, -0.15) is 23.0 Å². The third-order valence-corrected chi connectivity index (χ3v) is 3.62. The Morgan fingerprint density at radius 2 is 2.04 bits per heavy atom. The summed E-state index contributed by atoms with van der Waals surface area (Å²) >= 11 is 5.99. The Kier molecular flexibility index (Phi) is 5.31. The van der Waals surface area contributed by atoms with E-state index in [2.05, 4.69) is 10.1 Å². The lowest BCUT2D eigenvalue weighted by molar-refractivity contribution is -0.138. The maximum Gasteiger partial charge on any atom is 0.417 e. The average Bonchev–Trinajstić information content (AvgIpc) is 2.54. The van der Waals surface area contributed by atoms with Crippen LogP contribution < -0.4 is 10.5 Å². The van der Waals surface area contributed by atoms with Crippen molar-refractivity contribution >= 4 is 23.3 Å². The second-order valence-electron chi connectivity index (χ2n) is 5.03. The topological polar surface area (TPSA) is 88.3 Å². The quantitative estimate of drug-likeness (QED) is 0.860. The molecule has 0 saturated carbocycles. The van der Waals surface area contributed by atoms with Crippen LogP contribution in [0.25, 0.3) is 5.82 Å². The molecule has 0 atom stereocenters. The molecule has 0 bridgehead atoms. The SMILES string of the molecule is CN(CCC(=O)O)c1cnn(-c2ccc(C(F)(F)F)cn2)c(=O)c1Cl. The van der Waals surface area contributed by atoms with E-state index in [1.165, 1.54) is 18.1 Å². The molecule has 11 heteroatoms. The first-order valence-electron chi connectivity index (χ1n) is 6.85. The molecule has 0 spiro atoms. The van der Waals surface area contributed by atoms with Gasteiger partial charge < -0.3 is 10.0 Å². The summed E-state index contributed by atoms with van der Waals surface area (Å²) in [4.78, 5) is 27.9. The first-order chi connectivity index (χ1) is 11.6. The Balaban J connectivity index is 2.34. The smallest absolute Gasteiger partial charge is 0.417 e. The van der Waals surface area contributed by atoms with Crippen molar-refractivity contribution in [2.24, 2.45) is 0 Å². The van der Waals surface area contributed by atoms with Crippen molar-refractivity contribution in [1.82, 2.24) is 14.8 Å². The number of anilines is 1. The summed E-state index contributed by atoms with van der Waals surface area (Å²) < 4.78 is 38.4. The van der Waals surface area contributed by atoms with Crippen molar-refractivity contribution in [2.45, 2.75) is 12.6 Å². The lowest BCUT2D eigenvalue weighted by Crippen LogP contribution is -2.28. The van der Waals surface area contributed by atoms with E-state index in [9.17, 15) is 22.8 Å². The van der Waals surface area contributed by atoms with Crippen LogP contribution in [0.1, 0.15) is 12.0 Å². The average molecular weight is 377 g/mol. The third kappa shape index (κ3) is 4.27. The number of alkyl halides is 3. The van der Waals surface area contributed by atoms with Gasteiger partial charge in [-0.05, 0) is 12.1 Å². The third-order valence-electron chi connectivity index (χ3n) is 3.27. The van der Waals surface area contributed by atoms with Gasteiger partial charge >= 0.3 is 12.1 Å². The molecular formula is C14H12ClF3N4O3. The van der Waals surface area contributed by atoms with Crippen LogP contribution in [0.15, 0.2) is 29.3 Å². The lowest BCUT2D eigenvalue weighted by atomic mass is 10.3. The van der Waals surface area contributed by atoms with Gasteiger partial charge in [0.1, 0.15) is 5.02 Å². The molecular weight excluding hydrogens is 365 g/mol. The Hall–Kier alpha value is -2.62. The Morgan fingerprint density at radius 3 is 2.56 bits per heavy atom. The van der Waals surface area contributed by atoms with Crippen LogP contribution in [0.2, 0.25) is 5.02 Å². The van der Waals surface area contributed by atoms with Gasteiger partial charge in [0, 0.05) is 19.8 Å². The summed E-state index contributed by atoms with van der Waals surface area (Å²) in [5.74, 6) is -1.14. The molecule has 134 valence electrons. The van der Waals surface area contributed by atoms with Crippen LogP contribution in [0.4, 0.5) is 18.9 Å². The molecule has 2 heterocycles. The first kappa shape index (κ1) is 18.7. The zero-order valence-electron chi connectivity index (χ0n) is 12.8. The molecule has 0 aliphatic carbocycles. The van der Waals surface area contributed by atoms with Crippen molar-refractivity contribution < 1.29 is 23.1 Å². The van der Waals surface area contributed by atoms with Gasteiger partial charge in [0.15, 0.2) is 5.82 Å². The number of nitrogens with zero attached hydrogens (tertiary/aromatic N) is 4. The first-order valence-corrected chi connectivity index (χ1v) is 7.23. The highest BCUT2D eigenvalue weighted by Crippen LogP contribution is 2.28. The standard InChI is InChI=1S/C14H12ClF3N4O3/c1-21(5-4-11(23)24)9-7-20-22(13(25)12(9)15)10-3-2-8(6-19-10)14(16,17)18/h2-3,6-7H,4-5H2,1H3,(H,23,24). The minimum Gasteiger partial charge on any atom is -0.481 e. The number of carboxylic acids is 1. The number of aliphatic carboxylic acids is 1. The monoisotopic (exact) mass is 376 g/mol. The molecule has 0 amide bonds. The fraction of sp³-hybridized carbons (Fsp3) is 0.286. The highest BCUT2D eigenvalue weighted by atomic mass is 35.5. The molecule has 0 radical (unpaired) electrons. The Morgan fingerprint density at radius 1 is 1.36 bits per heavy atom. The predicted molar refractivity (Wildman–Crippen MR) is 83.2 cm³/mol. The summed E-state index contributed by atoms with van der Waals surface area (Å²) in [5.41, 5.74) is -1.54. The van der Waals surface area contributed by atoms with E-state index < -0.39 is 23.3 Å². The van der Waals surface area contributed by atoms with Gasteiger partial charge in [0.2, 0.25) is 0 Å². The van der Waals surface area contributed by atoms with Crippen molar-refractivity contribution in [2.75, 3.05) is 18.5 Å². The minimum absolute atomic E-state index is 0.0959. The number of hydrogen-bond acceptors (Lipinski definition) is 5. The van der Waals surface area contributed by atoms with Gasteiger partial charge in [0.25, 0.3) is 5.56 Å². The predicted octanol–water partition coefficient (Wildman–Crippen LogP) is 2.21. The highest BCUT2D eigenvalue weighted by molar-refractivity contribution is 6.33. The van der Waals surface area contributed by atoms with Crippen LogP contribution in [-0.2, 0) is 11.0 Å². The van der Waals surface area contributed by atoms with Crippen LogP contribution in [0, 0.1) is 0 Å². The molecule has 7 nitrogen and oxygen atoms in total. The summed E-state index contributed by atoms with van der Waals surface area (Å²) in [7, 11) is 1.53. The molecule has 0 aromatic carbocycles. The molecule has 0 fully saturated rings. The molecule has 0 unspecified atom stereocenters. The zero-order valence-corrected chi connectivity index (χ0v) is 13.5. The summed E-state index contributed by atoms with van der Waals surface area (Å²) in [6.45, 7) is 0.0959. The summed E-state index contributed by atoms with van der Waals surface area (Å²) in [6.07, 6.45) is -2.91. The number of halogens is 4. The van der Waals surface area contributed by atoms with Gasteiger partial charge in [-0.1, -0.05) is 11.6 Å². The molecule has 2 aromatic heterocycles. The highest BCUT2D eigenvalue weighted by Gasteiger charge is 2.30. The second-order valence-corrected chi connectivity index (χ2v) is 5.41. The summed E-state index contributed by atoms with van der Waals surface area (Å²) in [5, 5.41) is 12.3. The minimum atomic E-state index is -4.54. The summed E-state index contributed by atoms with van der Waals surface area (Å²) in [6, 6.07) is 1.78. The number of carboxylic acid groups (broad SMARTS) is 1. The normalized spacial score (nSPS) is 11.4. The molecule has 0 saturated heterocycles. The maximum atomic E-state index is 12.5. The van der Waals surface area contributed by atoms with E-state index in [4.69, 9.17) is 16.7 Å². The molecule has 0 aliphatic heterocycles. The fourth-order valence-electron chi connectivity index (χ4n) is 1.92. The number of carbonyl (C=O) groups is 1. The lowest BCUT2D eigenvalue weighted by Gasteiger charge is -2.19. The zero-order chi connectivity index (χ0) is 18.8. The van der Waals surface area contributed by atoms with Crippen molar-refractivity contribution in [3.05, 3.63) is 45.5 Å². The van der Waals surface area contributed by atoms with E-state index in [1.54, 1.807) is 0 Å². The molecule has 2 rings (SSSR count). The molecule has 25 heavy (non-hydrogen) atoms. The number of rotatable bonds is 5. The maximum absolute atomic E-state index is 12.5. The molecule has 1 N–H and O–H groups in total. The van der Waals surface area contributed by atoms with Crippen LogP contribution in [-0.4, -0.2) is 39.4 Å². The van der Waals surface area contributed by atoms with E-state index in [1.807, 2.05) is 0 Å². The van der Waals surface area contributed by atoms with Crippen molar-refractivity contribution in [3.63, 3.8) is 0 Å². The van der Waals surface area contributed by atoms with Gasteiger partial charge in [0.05, 0.1) is 23.9 Å².